The number of nitrogen functional groups attached to an aromatic ring is 1. The van der Waals surface area contributed by atoms with Crippen LogP contribution in [-0.4, -0.2) is 55.8 Å². The SMILES string of the molecule is CCOC(=O)N1CCC(Nc2ccc(N)c(N(C)C)n2)CC1. The summed E-state index contributed by atoms with van der Waals surface area (Å²) < 4.78 is 5.02. The zero-order chi connectivity index (χ0) is 16.1. The fraction of sp³-hybridized carbons (Fsp3) is 0.600. The Labute approximate surface area is 131 Å². The maximum Gasteiger partial charge on any atom is 0.409 e. The Morgan fingerprint density at radius 2 is 2.14 bits per heavy atom. The molecule has 0 saturated carbocycles. The average molecular weight is 307 g/mol. The van der Waals surface area contributed by atoms with Gasteiger partial charge in [-0.1, -0.05) is 0 Å². The van der Waals surface area contributed by atoms with E-state index >= 15 is 0 Å². The van der Waals surface area contributed by atoms with Gasteiger partial charge in [-0.2, -0.15) is 0 Å². The number of hydrogen-bond donors (Lipinski definition) is 2. The molecule has 0 spiro atoms. The molecule has 0 radical (unpaired) electrons. The Morgan fingerprint density at radius 1 is 1.45 bits per heavy atom. The Hall–Kier alpha value is -2.18. The number of nitrogens with zero attached hydrogens (tertiary/aromatic N) is 3. The van der Waals surface area contributed by atoms with Crippen molar-refractivity contribution in [2.75, 3.05) is 49.7 Å². The third-order valence-electron chi connectivity index (χ3n) is 3.70. The van der Waals surface area contributed by atoms with Crippen molar-refractivity contribution in [1.29, 1.82) is 0 Å². The molecule has 0 atom stereocenters. The van der Waals surface area contributed by atoms with Crippen LogP contribution in [0, 0.1) is 0 Å². The Bertz CT molecular complexity index is 513. The van der Waals surface area contributed by atoms with Crippen LogP contribution in [-0.2, 0) is 4.74 Å². The number of nitrogens with one attached hydrogen (secondary N) is 1. The minimum Gasteiger partial charge on any atom is -0.450 e. The zero-order valence-electron chi connectivity index (χ0n) is 13.5. The minimum atomic E-state index is -0.221. The maximum absolute atomic E-state index is 11.7. The van der Waals surface area contributed by atoms with E-state index in [1.807, 2.05) is 38.1 Å². The van der Waals surface area contributed by atoms with Crippen molar-refractivity contribution in [3.8, 4) is 0 Å². The van der Waals surface area contributed by atoms with Gasteiger partial charge in [-0.25, -0.2) is 9.78 Å². The van der Waals surface area contributed by atoms with Crippen LogP contribution >= 0.6 is 0 Å². The van der Waals surface area contributed by atoms with Crippen molar-refractivity contribution >= 4 is 23.4 Å². The Kier molecular flexibility index (Phi) is 5.30. The average Bonchev–Trinajstić information content (AvgIpc) is 2.50. The molecule has 1 aromatic rings. The summed E-state index contributed by atoms with van der Waals surface area (Å²) in [4.78, 5) is 19.9. The normalized spacial score (nSPS) is 15.5. The molecule has 0 bridgehead atoms. The number of rotatable bonds is 4. The van der Waals surface area contributed by atoms with Crippen LogP contribution in [0.3, 0.4) is 0 Å². The summed E-state index contributed by atoms with van der Waals surface area (Å²) in [6, 6.07) is 4.05. The lowest BCUT2D eigenvalue weighted by atomic mass is 10.1. The molecule has 0 aliphatic carbocycles. The fourth-order valence-corrected chi connectivity index (χ4v) is 2.53. The van der Waals surface area contributed by atoms with Gasteiger partial charge in [-0.3, -0.25) is 0 Å². The van der Waals surface area contributed by atoms with Gasteiger partial charge in [-0.05, 0) is 31.9 Å². The molecule has 1 aliphatic rings. The standard InChI is InChI=1S/C15H25N5O2/c1-4-22-15(21)20-9-7-11(8-10-20)17-13-6-5-12(16)14(18-13)19(2)3/h5-6,11H,4,7-10,16H2,1-3H3,(H,17,18). The molecule has 7 nitrogen and oxygen atoms in total. The molecule has 1 saturated heterocycles. The van der Waals surface area contributed by atoms with E-state index in [2.05, 4.69) is 10.3 Å². The van der Waals surface area contributed by atoms with E-state index in [1.165, 1.54) is 0 Å². The highest BCUT2D eigenvalue weighted by Crippen LogP contribution is 2.22. The highest BCUT2D eigenvalue weighted by molar-refractivity contribution is 5.68. The van der Waals surface area contributed by atoms with Crippen LogP contribution in [0.2, 0.25) is 0 Å². The van der Waals surface area contributed by atoms with E-state index in [1.54, 1.807) is 4.90 Å². The van der Waals surface area contributed by atoms with Crippen molar-refractivity contribution in [3.05, 3.63) is 12.1 Å². The summed E-state index contributed by atoms with van der Waals surface area (Å²) in [5, 5.41) is 3.42. The number of pyridine rings is 1. The van der Waals surface area contributed by atoms with Crippen LogP contribution in [0.15, 0.2) is 12.1 Å². The van der Waals surface area contributed by atoms with Gasteiger partial charge in [0.25, 0.3) is 0 Å². The van der Waals surface area contributed by atoms with Crippen LogP contribution in [0.1, 0.15) is 19.8 Å². The number of carbonyl (C=O) groups excluding carboxylic acids is 1. The molecule has 0 aromatic carbocycles. The summed E-state index contributed by atoms with van der Waals surface area (Å²) in [6.07, 6.45) is 1.53. The van der Waals surface area contributed by atoms with Crippen LogP contribution in [0.4, 0.5) is 22.1 Å². The predicted octanol–water partition coefficient (Wildman–Crippen LogP) is 1.76. The molecule has 122 valence electrons. The van der Waals surface area contributed by atoms with Gasteiger partial charge in [0.15, 0.2) is 5.82 Å². The molecule has 1 aromatic heterocycles. The summed E-state index contributed by atoms with van der Waals surface area (Å²) in [5.41, 5.74) is 6.57. The Balaban J connectivity index is 1.91. The van der Waals surface area contributed by atoms with Gasteiger partial charge in [0.2, 0.25) is 0 Å². The van der Waals surface area contributed by atoms with E-state index in [9.17, 15) is 4.79 Å². The zero-order valence-corrected chi connectivity index (χ0v) is 13.5. The number of aromatic nitrogens is 1. The minimum absolute atomic E-state index is 0.221. The predicted molar refractivity (Wildman–Crippen MR) is 88.2 cm³/mol. The number of likely N-dealkylation sites (tertiary alicyclic amines) is 1. The molecule has 0 unspecified atom stereocenters. The summed E-state index contributed by atoms with van der Waals surface area (Å²) >= 11 is 0. The van der Waals surface area contributed by atoms with E-state index in [0.717, 1.165) is 24.5 Å². The van der Waals surface area contributed by atoms with Crippen molar-refractivity contribution in [2.45, 2.75) is 25.8 Å². The third-order valence-corrected chi connectivity index (χ3v) is 3.70. The van der Waals surface area contributed by atoms with E-state index in [0.29, 0.717) is 31.4 Å². The molecular weight excluding hydrogens is 282 g/mol. The second-order valence-corrected chi connectivity index (χ2v) is 5.61. The first-order valence-electron chi connectivity index (χ1n) is 7.63. The largest absolute Gasteiger partial charge is 0.450 e. The number of piperidine rings is 1. The first-order valence-corrected chi connectivity index (χ1v) is 7.63. The van der Waals surface area contributed by atoms with Gasteiger partial charge >= 0.3 is 6.09 Å². The number of nitrogens with two attached hydrogens (primary N) is 1. The van der Waals surface area contributed by atoms with Crippen molar-refractivity contribution in [2.24, 2.45) is 0 Å². The smallest absolute Gasteiger partial charge is 0.409 e. The van der Waals surface area contributed by atoms with Crippen LogP contribution in [0.25, 0.3) is 0 Å². The molecular formula is C15H25N5O2. The topological polar surface area (TPSA) is 83.7 Å². The molecule has 2 rings (SSSR count). The Morgan fingerprint density at radius 3 is 2.73 bits per heavy atom. The molecule has 1 amide bonds. The number of amides is 1. The summed E-state index contributed by atoms with van der Waals surface area (Å²) in [7, 11) is 3.83. The molecule has 22 heavy (non-hydrogen) atoms. The van der Waals surface area contributed by atoms with Crippen LogP contribution in [0.5, 0.6) is 0 Å². The first kappa shape index (κ1) is 16.2. The monoisotopic (exact) mass is 307 g/mol. The van der Waals surface area contributed by atoms with E-state index in [4.69, 9.17) is 10.5 Å². The first-order chi connectivity index (χ1) is 10.5. The third kappa shape index (κ3) is 3.93. The maximum atomic E-state index is 11.7. The summed E-state index contributed by atoms with van der Waals surface area (Å²) in [5.74, 6) is 1.57. The number of anilines is 3. The highest BCUT2D eigenvalue weighted by atomic mass is 16.6. The quantitative estimate of drug-likeness (QED) is 0.882. The van der Waals surface area contributed by atoms with Crippen molar-refractivity contribution in [1.82, 2.24) is 9.88 Å². The molecule has 1 fully saturated rings. The highest BCUT2D eigenvalue weighted by Gasteiger charge is 2.23. The number of ether oxygens (including phenoxy) is 1. The lowest BCUT2D eigenvalue weighted by Crippen LogP contribution is -2.42. The number of hydrogen-bond acceptors (Lipinski definition) is 6. The lowest BCUT2D eigenvalue weighted by molar-refractivity contribution is 0.0983. The molecule has 1 aliphatic heterocycles. The fourth-order valence-electron chi connectivity index (χ4n) is 2.53. The molecule has 3 N–H and O–H groups in total. The second-order valence-electron chi connectivity index (χ2n) is 5.61. The van der Waals surface area contributed by atoms with Crippen LogP contribution < -0.4 is 16.0 Å². The van der Waals surface area contributed by atoms with Gasteiger partial charge in [-0.15, -0.1) is 0 Å². The van der Waals surface area contributed by atoms with Gasteiger partial charge in [0.05, 0.1) is 12.3 Å². The summed E-state index contributed by atoms with van der Waals surface area (Å²) in [6.45, 7) is 3.64. The van der Waals surface area contributed by atoms with E-state index in [-0.39, 0.29) is 6.09 Å². The van der Waals surface area contributed by atoms with Gasteiger partial charge < -0.3 is 25.6 Å². The number of carbonyl (C=O) groups is 1. The van der Waals surface area contributed by atoms with Crippen molar-refractivity contribution < 1.29 is 9.53 Å². The lowest BCUT2D eigenvalue weighted by Gasteiger charge is -2.32. The molecule has 7 heteroatoms. The van der Waals surface area contributed by atoms with Gasteiger partial charge in [0.1, 0.15) is 5.82 Å². The van der Waals surface area contributed by atoms with E-state index < -0.39 is 0 Å². The van der Waals surface area contributed by atoms with Gasteiger partial charge in [0, 0.05) is 33.2 Å². The second kappa shape index (κ2) is 7.20. The van der Waals surface area contributed by atoms with Crippen molar-refractivity contribution in [3.63, 3.8) is 0 Å². The molecule has 2 heterocycles.